The van der Waals surface area contributed by atoms with Crippen molar-refractivity contribution in [2.45, 2.75) is 25.6 Å². The van der Waals surface area contributed by atoms with Crippen LogP contribution < -0.4 is 25.4 Å². The van der Waals surface area contributed by atoms with Crippen molar-refractivity contribution in [3.8, 4) is 11.5 Å². The molecule has 11 nitrogen and oxygen atoms in total. The van der Waals surface area contributed by atoms with Gasteiger partial charge in [0.15, 0.2) is 0 Å². The van der Waals surface area contributed by atoms with E-state index in [1.807, 2.05) is 48.5 Å². The Labute approximate surface area is 202 Å². The Morgan fingerprint density at radius 2 is 1.31 bits per heavy atom. The van der Waals surface area contributed by atoms with E-state index in [-0.39, 0.29) is 12.3 Å². The molecular formula is C24H27N7O4. The van der Waals surface area contributed by atoms with E-state index in [0.717, 1.165) is 27.5 Å². The minimum absolute atomic E-state index is 0.145. The number of likely N-dealkylation sites (N-methyl/N-ethyl adjacent to an activating group) is 1. The fourth-order valence-electron chi connectivity index (χ4n) is 3.48. The molecule has 0 bridgehead atoms. The summed E-state index contributed by atoms with van der Waals surface area (Å²) in [5.41, 5.74) is 2.03. The van der Waals surface area contributed by atoms with E-state index in [0.29, 0.717) is 30.8 Å². The average Bonchev–Trinajstić information content (AvgIpc) is 3.13. The van der Waals surface area contributed by atoms with Gasteiger partial charge in [-0.2, -0.15) is 15.0 Å². The van der Waals surface area contributed by atoms with Crippen molar-refractivity contribution in [1.82, 2.24) is 25.2 Å². The molecule has 35 heavy (non-hydrogen) atoms. The van der Waals surface area contributed by atoms with Gasteiger partial charge >= 0.3 is 6.03 Å². The fourth-order valence-corrected chi connectivity index (χ4v) is 3.48. The third-order valence-corrected chi connectivity index (χ3v) is 5.52. The van der Waals surface area contributed by atoms with E-state index < -0.39 is 12.1 Å². The number of ether oxygens (including phenoxy) is 2. The van der Waals surface area contributed by atoms with Crippen LogP contribution in [0.5, 0.6) is 11.5 Å². The number of hydrogen-bond donors (Lipinski definition) is 3. The molecule has 2 heterocycles. The van der Waals surface area contributed by atoms with Crippen molar-refractivity contribution in [2.75, 3.05) is 31.9 Å². The van der Waals surface area contributed by atoms with Crippen LogP contribution in [0.1, 0.15) is 17.0 Å². The Morgan fingerprint density at radius 1 is 0.829 bits per heavy atom. The first-order valence-electron chi connectivity index (χ1n) is 11.0. The number of anilines is 2. The zero-order chi connectivity index (χ0) is 24.8. The summed E-state index contributed by atoms with van der Waals surface area (Å²) in [6, 6.07) is 14.1. The standard InChI is InChI=1S/C24H27N7O4/c1-31-21(32)19(27-24(31)33)12-20-28-22(25-13-15-4-8-17(34-2)9-5-15)30-23(29-20)26-14-16-6-10-18(35-3)11-7-16/h4-11,19H,12-14H2,1-3H3,(H,27,33)(H2,25,26,28,29,30). The molecule has 1 aromatic heterocycles. The molecule has 11 heteroatoms. The molecule has 1 aliphatic rings. The molecule has 1 saturated heterocycles. The molecule has 2 aromatic carbocycles. The second kappa shape index (κ2) is 10.7. The number of imide groups is 1. The summed E-state index contributed by atoms with van der Waals surface area (Å²) in [5.74, 6) is 2.31. The third-order valence-electron chi connectivity index (χ3n) is 5.52. The van der Waals surface area contributed by atoms with Crippen LogP contribution in [0, 0.1) is 0 Å². The summed E-state index contributed by atoms with van der Waals surface area (Å²) in [4.78, 5) is 38.6. The number of rotatable bonds is 10. The molecule has 0 spiro atoms. The lowest BCUT2D eigenvalue weighted by atomic mass is 10.2. The number of benzene rings is 2. The van der Waals surface area contributed by atoms with Gasteiger partial charge in [0.05, 0.1) is 14.2 Å². The van der Waals surface area contributed by atoms with Gasteiger partial charge in [-0.05, 0) is 35.4 Å². The van der Waals surface area contributed by atoms with Crippen molar-refractivity contribution in [3.05, 3.63) is 65.5 Å². The maximum absolute atomic E-state index is 12.3. The van der Waals surface area contributed by atoms with Crippen LogP contribution in [-0.2, 0) is 24.3 Å². The first-order chi connectivity index (χ1) is 16.9. The number of aromatic nitrogens is 3. The molecule has 1 fully saturated rings. The van der Waals surface area contributed by atoms with Gasteiger partial charge in [0.25, 0.3) is 5.91 Å². The number of carbonyl (C=O) groups excluding carboxylic acids is 2. The van der Waals surface area contributed by atoms with Crippen LogP contribution in [-0.4, -0.2) is 59.1 Å². The van der Waals surface area contributed by atoms with Crippen LogP contribution in [0.4, 0.5) is 16.7 Å². The zero-order valence-corrected chi connectivity index (χ0v) is 19.7. The lowest BCUT2D eigenvalue weighted by molar-refractivity contribution is -0.126. The van der Waals surface area contributed by atoms with Crippen molar-refractivity contribution >= 4 is 23.8 Å². The Bertz CT molecular complexity index is 1120. The van der Waals surface area contributed by atoms with Crippen LogP contribution in [0.2, 0.25) is 0 Å². The van der Waals surface area contributed by atoms with Crippen LogP contribution in [0.25, 0.3) is 0 Å². The molecule has 1 aliphatic heterocycles. The average molecular weight is 478 g/mol. The first kappa shape index (κ1) is 23.7. The number of methoxy groups -OCH3 is 2. The van der Waals surface area contributed by atoms with E-state index in [4.69, 9.17) is 9.47 Å². The second-order valence-electron chi connectivity index (χ2n) is 7.91. The van der Waals surface area contributed by atoms with Crippen LogP contribution >= 0.6 is 0 Å². The van der Waals surface area contributed by atoms with Gasteiger partial charge in [-0.15, -0.1) is 0 Å². The number of carbonyl (C=O) groups is 2. The maximum Gasteiger partial charge on any atom is 0.324 e. The molecule has 3 aromatic rings. The molecule has 0 radical (unpaired) electrons. The van der Waals surface area contributed by atoms with E-state index in [1.54, 1.807) is 14.2 Å². The summed E-state index contributed by atoms with van der Waals surface area (Å²) < 4.78 is 10.4. The number of nitrogens with one attached hydrogen (secondary N) is 3. The highest BCUT2D eigenvalue weighted by atomic mass is 16.5. The fraction of sp³-hybridized carbons (Fsp3) is 0.292. The first-order valence-corrected chi connectivity index (χ1v) is 11.0. The molecular weight excluding hydrogens is 450 g/mol. The SMILES string of the molecule is COc1ccc(CNc2nc(CC3NC(=O)N(C)C3=O)nc(NCc3ccc(OC)cc3)n2)cc1. The highest BCUT2D eigenvalue weighted by Crippen LogP contribution is 2.16. The largest absolute Gasteiger partial charge is 0.497 e. The van der Waals surface area contributed by atoms with Gasteiger partial charge in [-0.3, -0.25) is 9.69 Å². The minimum Gasteiger partial charge on any atom is -0.497 e. The molecule has 1 atom stereocenters. The summed E-state index contributed by atoms with van der Waals surface area (Å²) >= 11 is 0. The Balaban J connectivity index is 1.50. The third kappa shape index (κ3) is 5.94. The predicted octanol–water partition coefficient (Wildman–Crippen LogP) is 2.21. The number of urea groups is 1. The number of nitrogens with zero attached hydrogens (tertiary/aromatic N) is 4. The summed E-state index contributed by atoms with van der Waals surface area (Å²) in [6.07, 6.45) is 0.145. The summed E-state index contributed by atoms with van der Waals surface area (Å²) in [6.45, 7) is 0.959. The Morgan fingerprint density at radius 3 is 1.71 bits per heavy atom. The van der Waals surface area contributed by atoms with Crippen molar-refractivity contribution < 1.29 is 19.1 Å². The van der Waals surface area contributed by atoms with Gasteiger partial charge in [-0.25, -0.2) is 4.79 Å². The van der Waals surface area contributed by atoms with E-state index in [9.17, 15) is 9.59 Å². The number of amides is 3. The molecule has 4 rings (SSSR count). The molecule has 182 valence electrons. The Hall–Kier alpha value is -4.41. The highest BCUT2D eigenvalue weighted by Gasteiger charge is 2.36. The van der Waals surface area contributed by atoms with Crippen molar-refractivity contribution in [2.24, 2.45) is 0 Å². The topological polar surface area (TPSA) is 131 Å². The predicted molar refractivity (Wildman–Crippen MR) is 129 cm³/mol. The summed E-state index contributed by atoms with van der Waals surface area (Å²) in [5, 5.41) is 9.06. The van der Waals surface area contributed by atoms with Gasteiger partial charge in [0.1, 0.15) is 23.4 Å². The molecule has 0 aliphatic carbocycles. The maximum atomic E-state index is 12.3. The smallest absolute Gasteiger partial charge is 0.324 e. The van der Waals surface area contributed by atoms with Gasteiger partial charge in [-0.1, -0.05) is 24.3 Å². The molecule has 3 N–H and O–H groups in total. The monoisotopic (exact) mass is 477 g/mol. The van der Waals surface area contributed by atoms with Gasteiger partial charge in [0.2, 0.25) is 11.9 Å². The highest BCUT2D eigenvalue weighted by molar-refractivity contribution is 6.03. The molecule has 1 unspecified atom stereocenters. The number of hydrogen-bond acceptors (Lipinski definition) is 9. The quantitative estimate of drug-likeness (QED) is 0.376. The van der Waals surface area contributed by atoms with E-state index in [2.05, 4.69) is 30.9 Å². The van der Waals surface area contributed by atoms with Gasteiger partial charge in [0, 0.05) is 26.6 Å². The second-order valence-corrected chi connectivity index (χ2v) is 7.91. The molecule has 0 saturated carbocycles. The Kier molecular flexibility index (Phi) is 7.24. The van der Waals surface area contributed by atoms with E-state index >= 15 is 0 Å². The zero-order valence-electron chi connectivity index (χ0n) is 19.7. The normalized spacial score (nSPS) is 15.1. The van der Waals surface area contributed by atoms with Crippen LogP contribution in [0.3, 0.4) is 0 Å². The lowest BCUT2D eigenvalue weighted by Gasteiger charge is -2.12. The summed E-state index contributed by atoms with van der Waals surface area (Å²) in [7, 11) is 4.68. The molecule has 3 amide bonds. The van der Waals surface area contributed by atoms with Crippen LogP contribution in [0.15, 0.2) is 48.5 Å². The minimum atomic E-state index is -0.723. The lowest BCUT2D eigenvalue weighted by Crippen LogP contribution is -2.32. The van der Waals surface area contributed by atoms with Gasteiger partial charge < -0.3 is 25.4 Å². The van der Waals surface area contributed by atoms with Crippen molar-refractivity contribution in [1.29, 1.82) is 0 Å². The van der Waals surface area contributed by atoms with E-state index in [1.165, 1.54) is 7.05 Å². The van der Waals surface area contributed by atoms with Crippen molar-refractivity contribution in [3.63, 3.8) is 0 Å².